The average molecular weight is 319 g/mol. The average Bonchev–Trinajstić information content (AvgIpc) is 2.29. The third kappa shape index (κ3) is 4.68. The van der Waals surface area contributed by atoms with E-state index in [0.29, 0.717) is 23.0 Å². The second kappa shape index (κ2) is 7.02. The lowest BCUT2D eigenvalue weighted by atomic mass is 10.1. The van der Waals surface area contributed by atoms with Crippen molar-refractivity contribution in [3.05, 3.63) is 34.3 Å². The van der Waals surface area contributed by atoms with Crippen molar-refractivity contribution in [2.24, 2.45) is 5.92 Å². The number of benzene rings is 1. The van der Waals surface area contributed by atoms with Gasteiger partial charge in [-0.2, -0.15) is 0 Å². The van der Waals surface area contributed by atoms with Crippen LogP contribution in [0.25, 0.3) is 0 Å². The van der Waals surface area contributed by atoms with E-state index >= 15 is 0 Å². The van der Waals surface area contributed by atoms with Gasteiger partial charge in [0.15, 0.2) is 0 Å². The van der Waals surface area contributed by atoms with Crippen LogP contribution in [0.3, 0.4) is 0 Å². The highest BCUT2D eigenvalue weighted by molar-refractivity contribution is 9.09. The monoisotopic (exact) mass is 317 g/mol. The number of amides is 1. The summed E-state index contributed by atoms with van der Waals surface area (Å²) in [7, 11) is 0. The second-order valence-electron chi connectivity index (χ2n) is 4.25. The quantitative estimate of drug-likeness (QED) is 0.822. The van der Waals surface area contributed by atoms with Gasteiger partial charge in [-0.15, -0.1) is 0 Å². The van der Waals surface area contributed by atoms with Gasteiger partial charge < -0.3 is 5.32 Å². The number of alkyl halides is 1. The highest BCUT2D eigenvalue weighted by Crippen LogP contribution is 2.15. The maximum atomic E-state index is 11.9. The molecule has 0 fully saturated rings. The van der Waals surface area contributed by atoms with Crippen molar-refractivity contribution in [3.8, 4) is 0 Å². The smallest absolute Gasteiger partial charge is 0.251 e. The SMILES string of the molecule is Cc1ccc(Cl)cc1C(=O)NCC(C)CCBr. The van der Waals surface area contributed by atoms with Crippen molar-refractivity contribution in [3.63, 3.8) is 0 Å². The highest BCUT2D eigenvalue weighted by Gasteiger charge is 2.10. The summed E-state index contributed by atoms with van der Waals surface area (Å²) in [6.45, 7) is 4.72. The highest BCUT2D eigenvalue weighted by atomic mass is 79.9. The van der Waals surface area contributed by atoms with E-state index in [9.17, 15) is 4.79 Å². The van der Waals surface area contributed by atoms with Crippen LogP contribution < -0.4 is 5.32 Å². The number of rotatable bonds is 5. The number of nitrogens with one attached hydrogen (secondary N) is 1. The first-order valence-electron chi connectivity index (χ1n) is 5.65. The van der Waals surface area contributed by atoms with E-state index in [2.05, 4.69) is 28.2 Å². The minimum absolute atomic E-state index is 0.0496. The molecule has 0 saturated carbocycles. The lowest BCUT2D eigenvalue weighted by molar-refractivity contribution is 0.0947. The van der Waals surface area contributed by atoms with Crippen LogP contribution >= 0.6 is 27.5 Å². The van der Waals surface area contributed by atoms with E-state index in [-0.39, 0.29) is 5.91 Å². The minimum atomic E-state index is -0.0496. The van der Waals surface area contributed by atoms with Gasteiger partial charge in [-0.1, -0.05) is 40.5 Å². The van der Waals surface area contributed by atoms with Gasteiger partial charge in [-0.3, -0.25) is 4.79 Å². The van der Waals surface area contributed by atoms with Crippen molar-refractivity contribution in [1.82, 2.24) is 5.32 Å². The fourth-order valence-corrected chi connectivity index (χ4v) is 2.44. The Balaban J connectivity index is 2.61. The summed E-state index contributed by atoms with van der Waals surface area (Å²) >= 11 is 9.28. The Morgan fingerprint density at radius 3 is 2.88 bits per heavy atom. The van der Waals surface area contributed by atoms with E-state index in [0.717, 1.165) is 17.3 Å². The molecule has 0 radical (unpaired) electrons. The maximum absolute atomic E-state index is 11.9. The predicted molar refractivity (Wildman–Crippen MR) is 76.1 cm³/mol. The largest absolute Gasteiger partial charge is 0.352 e. The van der Waals surface area contributed by atoms with Crippen LogP contribution in [0.2, 0.25) is 5.02 Å². The zero-order valence-corrected chi connectivity index (χ0v) is 12.4. The Hall–Kier alpha value is -0.540. The van der Waals surface area contributed by atoms with Crippen LogP contribution in [0.1, 0.15) is 29.3 Å². The third-order valence-electron chi connectivity index (χ3n) is 2.66. The zero-order chi connectivity index (χ0) is 12.8. The molecule has 1 aromatic rings. The molecule has 1 rings (SSSR count). The second-order valence-corrected chi connectivity index (χ2v) is 5.48. The molecule has 1 aromatic carbocycles. The predicted octanol–water partition coefficient (Wildman–Crippen LogP) is 3.80. The number of hydrogen-bond donors (Lipinski definition) is 1. The van der Waals surface area contributed by atoms with E-state index in [1.807, 2.05) is 13.0 Å². The van der Waals surface area contributed by atoms with Crippen molar-refractivity contribution in [2.45, 2.75) is 20.3 Å². The summed E-state index contributed by atoms with van der Waals surface area (Å²) in [6, 6.07) is 5.36. The topological polar surface area (TPSA) is 29.1 Å². The molecule has 1 atom stereocenters. The van der Waals surface area contributed by atoms with Gasteiger partial charge >= 0.3 is 0 Å². The molecule has 0 aliphatic carbocycles. The van der Waals surface area contributed by atoms with Crippen LogP contribution in [-0.4, -0.2) is 17.8 Å². The summed E-state index contributed by atoms with van der Waals surface area (Å²) in [4.78, 5) is 11.9. The molecule has 0 aliphatic heterocycles. The summed E-state index contributed by atoms with van der Waals surface area (Å²) < 4.78 is 0. The minimum Gasteiger partial charge on any atom is -0.352 e. The molecule has 0 heterocycles. The molecular weight excluding hydrogens is 302 g/mol. The van der Waals surface area contributed by atoms with Crippen LogP contribution in [0.4, 0.5) is 0 Å². The molecule has 0 saturated heterocycles. The molecule has 0 aliphatic rings. The molecule has 0 aromatic heterocycles. The van der Waals surface area contributed by atoms with Crippen LogP contribution in [0.5, 0.6) is 0 Å². The standard InChI is InChI=1S/C13H17BrClNO/c1-9(5-6-14)8-16-13(17)12-7-11(15)4-3-10(12)2/h3-4,7,9H,5-6,8H2,1-2H3,(H,16,17). The van der Waals surface area contributed by atoms with E-state index in [1.54, 1.807) is 12.1 Å². The molecule has 0 spiro atoms. The first kappa shape index (κ1) is 14.5. The van der Waals surface area contributed by atoms with Crippen LogP contribution in [-0.2, 0) is 0 Å². The van der Waals surface area contributed by atoms with Crippen LogP contribution in [0, 0.1) is 12.8 Å². The van der Waals surface area contributed by atoms with Gasteiger partial charge in [0.05, 0.1) is 0 Å². The maximum Gasteiger partial charge on any atom is 0.251 e. The number of carbonyl (C=O) groups excluding carboxylic acids is 1. The van der Waals surface area contributed by atoms with Crippen molar-refractivity contribution >= 4 is 33.4 Å². The molecule has 1 amide bonds. The molecule has 2 nitrogen and oxygen atoms in total. The van der Waals surface area contributed by atoms with Gasteiger partial charge in [0, 0.05) is 22.5 Å². The van der Waals surface area contributed by atoms with E-state index in [4.69, 9.17) is 11.6 Å². The van der Waals surface area contributed by atoms with Gasteiger partial charge in [0.1, 0.15) is 0 Å². The number of aryl methyl sites for hydroxylation is 1. The summed E-state index contributed by atoms with van der Waals surface area (Å²) in [5.41, 5.74) is 1.60. The fraction of sp³-hybridized carbons (Fsp3) is 0.462. The van der Waals surface area contributed by atoms with Gasteiger partial charge in [-0.25, -0.2) is 0 Å². The van der Waals surface area contributed by atoms with Gasteiger partial charge in [-0.05, 0) is 37.0 Å². The lowest BCUT2D eigenvalue weighted by Crippen LogP contribution is -2.29. The van der Waals surface area contributed by atoms with Crippen molar-refractivity contribution in [1.29, 1.82) is 0 Å². The Morgan fingerprint density at radius 2 is 2.24 bits per heavy atom. The van der Waals surface area contributed by atoms with Crippen molar-refractivity contribution in [2.75, 3.05) is 11.9 Å². The first-order chi connectivity index (χ1) is 8.04. The van der Waals surface area contributed by atoms with Crippen LogP contribution in [0.15, 0.2) is 18.2 Å². The molecule has 4 heteroatoms. The molecule has 94 valence electrons. The number of halogens is 2. The molecule has 0 bridgehead atoms. The Kier molecular flexibility index (Phi) is 6.00. The first-order valence-corrected chi connectivity index (χ1v) is 7.15. The normalized spacial score (nSPS) is 12.2. The lowest BCUT2D eigenvalue weighted by Gasteiger charge is -2.12. The van der Waals surface area contributed by atoms with Crippen molar-refractivity contribution < 1.29 is 4.79 Å². The summed E-state index contributed by atoms with van der Waals surface area (Å²) in [6.07, 6.45) is 1.05. The number of hydrogen-bond acceptors (Lipinski definition) is 1. The molecule has 1 unspecified atom stereocenters. The van der Waals surface area contributed by atoms with Gasteiger partial charge in [0.2, 0.25) is 0 Å². The Labute approximate surface area is 116 Å². The van der Waals surface area contributed by atoms with E-state index < -0.39 is 0 Å². The third-order valence-corrected chi connectivity index (χ3v) is 3.35. The Bertz CT molecular complexity index is 395. The zero-order valence-electron chi connectivity index (χ0n) is 10.1. The molecule has 17 heavy (non-hydrogen) atoms. The molecular formula is C13H17BrClNO. The summed E-state index contributed by atoms with van der Waals surface area (Å²) in [5, 5.41) is 4.48. The van der Waals surface area contributed by atoms with Gasteiger partial charge in [0.25, 0.3) is 5.91 Å². The fourth-order valence-electron chi connectivity index (χ4n) is 1.49. The molecule has 1 N–H and O–H groups in total. The van der Waals surface area contributed by atoms with E-state index in [1.165, 1.54) is 0 Å². The number of carbonyl (C=O) groups is 1. The Morgan fingerprint density at radius 1 is 1.53 bits per heavy atom. The summed E-state index contributed by atoms with van der Waals surface area (Å²) in [5.74, 6) is 0.421.